The highest BCUT2D eigenvalue weighted by molar-refractivity contribution is 5.24. The van der Waals surface area contributed by atoms with Crippen LogP contribution in [0, 0.1) is 6.92 Å². The summed E-state index contributed by atoms with van der Waals surface area (Å²) in [5.41, 5.74) is 2.53. The molecule has 0 aliphatic carbocycles. The van der Waals surface area contributed by atoms with Crippen LogP contribution in [0.5, 0.6) is 0 Å². The van der Waals surface area contributed by atoms with Crippen LogP contribution in [-0.2, 0) is 11.3 Å². The fraction of sp³-hybridized carbons (Fsp3) is 0.467. The third-order valence-electron chi connectivity index (χ3n) is 1.75. The first-order valence-electron chi connectivity index (χ1n) is 6.07. The predicted molar refractivity (Wildman–Crippen MR) is 73.7 cm³/mol. The largest absolute Gasteiger partial charge is 0.373 e. The van der Waals surface area contributed by atoms with E-state index < -0.39 is 0 Å². The Hall–Kier alpha value is -1.08. The fourth-order valence-electron chi connectivity index (χ4n) is 1.02. The van der Waals surface area contributed by atoms with Gasteiger partial charge in [-0.05, 0) is 18.1 Å². The van der Waals surface area contributed by atoms with Gasteiger partial charge in [0.15, 0.2) is 0 Å². The van der Waals surface area contributed by atoms with Crippen LogP contribution < -0.4 is 0 Å². The normalized spacial score (nSPS) is 8.06. The highest BCUT2D eigenvalue weighted by Crippen LogP contribution is 2.07. The highest BCUT2D eigenvalue weighted by atomic mass is 16.5. The second-order valence-electron chi connectivity index (χ2n) is 2.73. The third kappa shape index (κ3) is 8.25. The number of ether oxygens (including phenoxy) is 1. The fourth-order valence-corrected chi connectivity index (χ4v) is 1.02. The lowest BCUT2D eigenvalue weighted by atomic mass is 10.1. The average molecular weight is 222 g/mol. The van der Waals surface area contributed by atoms with E-state index in [9.17, 15) is 0 Å². The summed E-state index contributed by atoms with van der Waals surface area (Å²) in [5.74, 6) is 0. The van der Waals surface area contributed by atoms with Crippen molar-refractivity contribution in [3.8, 4) is 0 Å². The van der Waals surface area contributed by atoms with Gasteiger partial charge in [0.1, 0.15) is 0 Å². The minimum Gasteiger partial charge on any atom is -0.373 e. The van der Waals surface area contributed by atoms with Crippen molar-refractivity contribution in [3.05, 3.63) is 48.0 Å². The van der Waals surface area contributed by atoms with Gasteiger partial charge in [0.05, 0.1) is 13.2 Å². The van der Waals surface area contributed by atoms with E-state index in [1.807, 2.05) is 39.8 Å². The van der Waals surface area contributed by atoms with E-state index in [-0.39, 0.29) is 0 Å². The molecule has 1 heteroatoms. The minimum absolute atomic E-state index is 0.619. The van der Waals surface area contributed by atoms with Crippen molar-refractivity contribution in [1.29, 1.82) is 0 Å². The first-order valence-corrected chi connectivity index (χ1v) is 6.07. The molecule has 1 rings (SSSR count). The Morgan fingerprint density at radius 3 is 2.19 bits per heavy atom. The van der Waals surface area contributed by atoms with Crippen LogP contribution in [0.15, 0.2) is 36.9 Å². The van der Waals surface area contributed by atoms with Crippen LogP contribution in [0.3, 0.4) is 0 Å². The molecule has 0 spiro atoms. The number of aryl methyl sites for hydroxylation is 1. The molecule has 0 atom stereocenters. The van der Waals surface area contributed by atoms with Gasteiger partial charge in [0.2, 0.25) is 0 Å². The topological polar surface area (TPSA) is 9.23 Å². The van der Waals surface area contributed by atoms with Crippen LogP contribution in [0.25, 0.3) is 0 Å². The predicted octanol–water partition coefficient (Wildman–Crippen LogP) is 4.75. The van der Waals surface area contributed by atoms with Gasteiger partial charge < -0.3 is 4.74 Å². The minimum atomic E-state index is 0.619. The van der Waals surface area contributed by atoms with Crippen molar-refractivity contribution in [1.82, 2.24) is 0 Å². The molecule has 0 aliphatic heterocycles. The van der Waals surface area contributed by atoms with E-state index in [1.165, 1.54) is 11.1 Å². The van der Waals surface area contributed by atoms with Crippen molar-refractivity contribution >= 4 is 0 Å². The summed E-state index contributed by atoms with van der Waals surface area (Å²) in [5, 5.41) is 0. The third-order valence-corrected chi connectivity index (χ3v) is 1.75. The molecule has 1 aromatic carbocycles. The first-order chi connectivity index (χ1) is 7.84. The monoisotopic (exact) mass is 222 g/mol. The Bertz CT molecular complexity index is 253. The molecule has 0 radical (unpaired) electrons. The Balaban J connectivity index is 0. The van der Waals surface area contributed by atoms with Gasteiger partial charge in [-0.15, -0.1) is 6.58 Å². The number of rotatable bonds is 4. The van der Waals surface area contributed by atoms with Gasteiger partial charge in [-0.3, -0.25) is 0 Å². The molecule has 0 aliphatic rings. The lowest BCUT2D eigenvalue weighted by Gasteiger charge is -2.04. The van der Waals surface area contributed by atoms with E-state index in [4.69, 9.17) is 4.74 Å². The quantitative estimate of drug-likeness (QED) is 0.527. The molecule has 1 aromatic rings. The summed E-state index contributed by atoms with van der Waals surface area (Å²) in [6.07, 6.45) is 1.76. The maximum Gasteiger partial charge on any atom is 0.0723 e. The Morgan fingerprint density at radius 1 is 1.12 bits per heavy atom. The van der Waals surface area contributed by atoms with Crippen LogP contribution in [0.1, 0.15) is 38.8 Å². The molecule has 0 aromatic heterocycles. The van der Waals surface area contributed by atoms with E-state index in [1.54, 1.807) is 6.08 Å². The Kier molecular flexibility index (Phi) is 15.1. The number of hydrogen-bond acceptors (Lipinski definition) is 1. The molecular formula is C15H26O. The van der Waals surface area contributed by atoms with Crippen LogP contribution in [0.2, 0.25) is 0 Å². The lowest BCUT2D eigenvalue weighted by Crippen LogP contribution is -1.94. The van der Waals surface area contributed by atoms with Gasteiger partial charge in [-0.2, -0.15) is 0 Å². The molecule has 0 unspecified atom stereocenters. The Morgan fingerprint density at radius 2 is 1.69 bits per heavy atom. The van der Waals surface area contributed by atoms with Crippen molar-refractivity contribution in [2.24, 2.45) is 0 Å². The van der Waals surface area contributed by atoms with Crippen LogP contribution >= 0.6 is 0 Å². The van der Waals surface area contributed by atoms with Crippen molar-refractivity contribution in [3.63, 3.8) is 0 Å². The van der Waals surface area contributed by atoms with Crippen molar-refractivity contribution < 1.29 is 4.74 Å². The standard InChI is InChI=1S/C11H14O.2C2H6/c1-3-8-12-9-11-7-5-4-6-10(11)2;2*1-2/h3-7H,1,8-9H2,2H3;2*1-2H3. The zero-order valence-corrected chi connectivity index (χ0v) is 11.4. The molecule has 0 heterocycles. The van der Waals surface area contributed by atoms with Gasteiger partial charge in [0, 0.05) is 0 Å². The van der Waals surface area contributed by atoms with Gasteiger partial charge in [-0.25, -0.2) is 0 Å². The molecule has 0 N–H and O–H groups in total. The highest BCUT2D eigenvalue weighted by Gasteiger charge is 1.94. The molecule has 0 saturated carbocycles. The lowest BCUT2D eigenvalue weighted by molar-refractivity contribution is 0.148. The van der Waals surface area contributed by atoms with E-state index in [0.29, 0.717) is 13.2 Å². The van der Waals surface area contributed by atoms with Crippen molar-refractivity contribution in [2.75, 3.05) is 6.61 Å². The molecule has 0 amide bonds. The molecule has 16 heavy (non-hydrogen) atoms. The maximum atomic E-state index is 5.33. The zero-order valence-electron chi connectivity index (χ0n) is 11.4. The summed E-state index contributed by atoms with van der Waals surface area (Å²) < 4.78 is 5.33. The van der Waals surface area contributed by atoms with E-state index in [2.05, 4.69) is 25.6 Å². The van der Waals surface area contributed by atoms with Crippen LogP contribution in [0.4, 0.5) is 0 Å². The second-order valence-corrected chi connectivity index (χ2v) is 2.73. The second kappa shape index (κ2) is 13.9. The smallest absolute Gasteiger partial charge is 0.0723 e. The molecule has 0 saturated heterocycles. The summed E-state index contributed by atoms with van der Waals surface area (Å²) >= 11 is 0. The van der Waals surface area contributed by atoms with Crippen LogP contribution in [-0.4, -0.2) is 6.61 Å². The first kappa shape index (κ1) is 17.3. The molecule has 0 fully saturated rings. The molecule has 1 nitrogen and oxygen atoms in total. The average Bonchev–Trinajstić information content (AvgIpc) is 2.37. The van der Waals surface area contributed by atoms with Crippen molar-refractivity contribution in [2.45, 2.75) is 41.2 Å². The molecule has 92 valence electrons. The van der Waals surface area contributed by atoms with Gasteiger partial charge >= 0.3 is 0 Å². The summed E-state index contributed by atoms with van der Waals surface area (Å²) in [6.45, 7) is 15.0. The summed E-state index contributed by atoms with van der Waals surface area (Å²) in [6, 6.07) is 8.23. The summed E-state index contributed by atoms with van der Waals surface area (Å²) in [4.78, 5) is 0. The van der Waals surface area contributed by atoms with E-state index in [0.717, 1.165) is 0 Å². The van der Waals surface area contributed by atoms with E-state index >= 15 is 0 Å². The summed E-state index contributed by atoms with van der Waals surface area (Å²) in [7, 11) is 0. The maximum absolute atomic E-state index is 5.33. The van der Waals surface area contributed by atoms with Gasteiger partial charge in [0.25, 0.3) is 0 Å². The molecular weight excluding hydrogens is 196 g/mol. The van der Waals surface area contributed by atoms with Gasteiger partial charge in [-0.1, -0.05) is 58.0 Å². The Labute approximate surface area is 101 Å². The molecule has 0 bridgehead atoms. The SMILES string of the molecule is C=CCOCc1ccccc1C.CC.CC. The zero-order chi connectivity index (χ0) is 12.8. The number of benzene rings is 1. The number of hydrogen-bond donors (Lipinski definition) is 0.